The van der Waals surface area contributed by atoms with E-state index < -0.39 is 13.0 Å². The first-order valence-corrected chi connectivity index (χ1v) is 4.09. The minimum Gasteiger partial charge on any atom is -0.363 e. The molecule has 0 spiro atoms. The lowest BCUT2D eigenvalue weighted by Crippen LogP contribution is -2.11. The Morgan fingerprint density at radius 3 is 2.86 bits per heavy atom. The maximum atomic E-state index is 11.8. The number of anilines is 1. The van der Waals surface area contributed by atoms with E-state index in [0.29, 0.717) is 0 Å². The highest BCUT2D eigenvalue weighted by molar-refractivity contribution is 6.33. The molecule has 6 heteroatoms. The SMILES string of the molecule is N#Cc1cnc(NCC(F)F)c(Cl)c1. The number of nitrogens with one attached hydrogen (secondary N) is 1. The molecule has 0 radical (unpaired) electrons. The van der Waals surface area contributed by atoms with E-state index in [2.05, 4.69) is 10.3 Å². The van der Waals surface area contributed by atoms with Crippen LogP contribution in [-0.4, -0.2) is 18.0 Å². The van der Waals surface area contributed by atoms with Gasteiger partial charge in [-0.15, -0.1) is 0 Å². The molecular weight excluding hydrogens is 212 g/mol. The van der Waals surface area contributed by atoms with Crippen molar-refractivity contribution in [2.24, 2.45) is 0 Å². The summed E-state index contributed by atoms with van der Waals surface area (Å²) in [6, 6.07) is 3.20. The third-order valence-corrected chi connectivity index (χ3v) is 1.68. The number of alkyl halides is 2. The lowest BCUT2D eigenvalue weighted by Gasteiger charge is -2.05. The molecule has 0 aliphatic heterocycles. The average molecular weight is 218 g/mol. The van der Waals surface area contributed by atoms with E-state index in [0.717, 1.165) is 0 Å². The van der Waals surface area contributed by atoms with E-state index in [9.17, 15) is 8.78 Å². The second-order valence-corrected chi connectivity index (χ2v) is 2.85. The van der Waals surface area contributed by atoms with Gasteiger partial charge < -0.3 is 5.32 Å². The van der Waals surface area contributed by atoms with Gasteiger partial charge in [0.05, 0.1) is 17.1 Å². The van der Waals surface area contributed by atoms with Crippen molar-refractivity contribution in [3.05, 3.63) is 22.8 Å². The van der Waals surface area contributed by atoms with Gasteiger partial charge in [-0.1, -0.05) is 11.6 Å². The molecule has 3 nitrogen and oxygen atoms in total. The monoisotopic (exact) mass is 217 g/mol. The van der Waals surface area contributed by atoms with Gasteiger partial charge in [-0.25, -0.2) is 13.8 Å². The van der Waals surface area contributed by atoms with Crippen molar-refractivity contribution in [1.29, 1.82) is 5.26 Å². The van der Waals surface area contributed by atoms with Gasteiger partial charge >= 0.3 is 0 Å². The third-order valence-electron chi connectivity index (χ3n) is 1.39. The Morgan fingerprint density at radius 1 is 1.64 bits per heavy atom. The van der Waals surface area contributed by atoms with Crippen LogP contribution in [0.15, 0.2) is 12.3 Å². The predicted molar refractivity (Wildman–Crippen MR) is 48.5 cm³/mol. The van der Waals surface area contributed by atoms with Gasteiger partial charge in [-0.3, -0.25) is 0 Å². The van der Waals surface area contributed by atoms with Crippen molar-refractivity contribution in [2.45, 2.75) is 6.43 Å². The van der Waals surface area contributed by atoms with Crippen molar-refractivity contribution in [3.8, 4) is 6.07 Å². The maximum absolute atomic E-state index is 11.8. The quantitative estimate of drug-likeness (QED) is 0.845. The highest BCUT2D eigenvalue weighted by Crippen LogP contribution is 2.19. The number of nitrogens with zero attached hydrogens (tertiary/aromatic N) is 2. The van der Waals surface area contributed by atoms with Crippen molar-refractivity contribution in [3.63, 3.8) is 0 Å². The lowest BCUT2D eigenvalue weighted by atomic mass is 10.3. The van der Waals surface area contributed by atoms with Gasteiger partial charge in [0, 0.05) is 6.20 Å². The molecule has 14 heavy (non-hydrogen) atoms. The van der Waals surface area contributed by atoms with Crippen LogP contribution in [0.5, 0.6) is 0 Å². The van der Waals surface area contributed by atoms with Gasteiger partial charge in [0.15, 0.2) is 0 Å². The summed E-state index contributed by atoms with van der Waals surface area (Å²) in [6.45, 7) is -0.515. The van der Waals surface area contributed by atoms with Crippen LogP contribution in [0.25, 0.3) is 0 Å². The highest BCUT2D eigenvalue weighted by Gasteiger charge is 2.06. The molecule has 1 aromatic heterocycles. The summed E-state index contributed by atoms with van der Waals surface area (Å²) in [4.78, 5) is 3.72. The molecule has 0 saturated heterocycles. The Hall–Kier alpha value is -1.41. The molecule has 0 fully saturated rings. The number of aromatic nitrogens is 1. The normalized spacial score (nSPS) is 9.93. The van der Waals surface area contributed by atoms with Gasteiger partial charge in [-0.2, -0.15) is 5.26 Å². The van der Waals surface area contributed by atoms with Crippen molar-refractivity contribution >= 4 is 17.4 Å². The van der Waals surface area contributed by atoms with Crippen LogP contribution in [0, 0.1) is 11.3 Å². The zero-order valence-electron chi connectivity index (χ0n) is 6.97. The summed E-state index contributed by atoms with van der Waals surface area (Å²) in [5.74, 6) is 0.158. The largest absolute Gasteiger partial charge is 0.363 e. The summed E-state index contributed by atoms with van der Waals surface area (Å²) in [5, 5.41) is 11.0. The van der Waals surface area contributed by atoms with Crippen molar-refractivity contribution < 1.29 is 8.78 Å². The molecule has 0 amide bonds. The number of pyridine rings is 1. The first-order valence-electron chi connectivity index (χ1n) is 3.71. The molecule has 0 atom stereocenters. The molecule has 0 aromatic carbocycles. The second kappa shape index (κ2) is 4.72. The fourth-order valence-corrected chi connectivity index (χ4v) is 1.04. The Labute approximate surface area is 84.3 Å². The molecule has 1 N–H and O–H groups in total. The van der Waals surface area contributed by atoms with Crippen LogP contribution < -0.4 is 5.32 Å². The molecular formula is C8H6ClF2N3. The van der Waals surface area contributed by atoms with Crippen LogP contribution in [0.2, 0.25) is 5.02 Å². The summed E-state index contributed by atoms with van der Waals surface area (Å²) in [6.07, 6.45) is -1.21. The zero-order chi connectivity index (χ0) is 10.6. The van der Waals surface area contributed by atoms with Crippen LogP contribution in [-0.2, 0) is 0 Å². The fourth-order valence-electron chi connectivity index (χ4n) is 0.803. The molecule has 0 aliphatic rings. The maximum Gasteiger partial charge on any atom is 0.255 e. The Balaban J connectivity index is 2.75. The van der Waals surface area contributed by atoms with E-state index in [1.54, 1.807) is 0 Å². The van der Waals surface area contributed by atoms with Crippen molar-refractivity contribution in [1.82, 2.24) is 4.98 Å². The van der Waals surface area contributed by atoms with E-state index >= 15 is 0 Å². The average Bonchev–Trinajstić information content (AvgIpc) is 2.15. The minimum absolute atomic E-state index is 0.157. The predicted octanol–water partition coefficient (Wildman–Crippen LogP) is 2.28. The lowest BCUT2D eigenvalue weighted by molar-refractivity contribution is 0.163. The number of hydrogen-bond acceptors (Lipinski definition) is 3. The molecule has 0 aliphatic carbocycles. The number of halogens is 3. The summed E-state index contributed by atoms with van der Waals surface area (Å²) >= 11 is 5.67. The Morgan fingerprint density at radius 2 is 2.36 bits per heavy atom. The van der Waals surface area contributed by atoms with E-state index in [4.69, 9.17) is 16.9 Å². The zero-order valence-corrected chi connectivity index (χ0v) is 7.72. The molecule has 0 saturated carbocycles. The summed E-state index contributed by atoms with van der Waals surface area (Å²) in [5.41, 5.74) is 0.289. The van der Waals surface area contributed by atoms with Gasteiger partial charge in [0.25, 0.3) is 6.43 Å². The van der Waals surface area contributed by atoms with Gasteiger partial charge in [0.2, 0.25) is 0 Å². The van der Waals surface area contributed by atoms with Crippen LogP contribution in [0.4, 0.5) is 14.6 Å². The van der Waals surface area contributed by atoms with Gasteiger partial charge in [-0.05, 0) is 6.07 Å². The molecule has 74 valence electrons. The smallest absolute Gasteiger partial charge is 0.255 e. The first kappa shape index (κ1) is 10.7. The van der Waals surface area contributed by atoms with E-state index in [1.165, 1.54) is 12.3 Å². The Bertz CT molecular complexity index is 362. The molecule has 1 aromatic rings. The molecule has 1 heterocycles. The standard InChI is InChI=1S/C8H6ClF2N3/c9-6-1-5(2-12)3-13-8(6)14-4-7(10)11/h1,3,7H,4H2,(H,13,14). The number of nitriles is 1. The minimum atomic E-state index is -2.47. The molecule has 0 bridgehead atoms. The number of hydrogen-bond donors (Lipinski definition) is 1. The highest BCUT2D eigenvalue weighted by atomic mass is 35.5. The molecule has 1 rings (SSSR count). The fraction of sp³-hybridized carbons (Fsp3) is 0.250. The molecule has 0 unspecified atom stereocenters. The van der Waals surface area contributed by atoms with E-state index in [-0.39, 0.29) is 16.4 Å². The first-order chi connectivity index (χ1) is 6.63. The topological polar surface area (TPSA) is 48.7 Å². The van der Waals surface area contributed by atoms with Crippen molar-refractivity contribution in [2.75, 3.05) is 11.9 Å². The Kier molecular flexibility index (Phi) is 3.60. The third kappa shape index (κ3) is 2.82. The van der Waals surface area contributed by atoms with Crippen LogP contribution in [0.1, 0.15) is 5.56 Å². The van der Waals surface area contributed by atoms with Gasteiger partial charge in [0.1, 0.15) is 11.9 Å². The summed E-state index contributed by atoms with van der Waals surface area (Å²) < 4.78 is 23.6. The summed E-state index contributed by atoms with van der Waals surface area (Å²) in [7, 11) is 0. The van der Waals surface area contributed by atoms with Crippen LogP contribution >= 0.6 is 11.6 Å². The van der Waals surface area contributed by atoms with E-state index in [1.807, 2.05) is 6.07 Å². The number of rotatable bonds is 3. The van der Waals surface area contributed by atoms with Crippen LogP contribution in [0.3, 0.4) is 0 Å². The second-order valence-electron chi connectivity index (χ2n) is 2.44.